The van der Waals surface area contributed by atoms with Crippen molar-refractivity contribution in [2.24, 2.45) is 0 Å². The highest BCUT2D eigenvalue weighted by Crippen LogP contribution is 2.25. The Kier molecular flexibility index (Phi) is 4.16. The molecule has 0 radical (unpaired) electrons. The molecule has 0 aliphatic heterocycles. The zero-order chi connectivity index (χ0) is 17.3. The van der Waals surface area contributed by atoms with Gasteiger partial charge in [0.25, 0.3) is 10.0 Å². The molecule has 0 saturated heterocycles. The van der Waals surface area contributed by atoms with Crippen LogP contribution in [0.4, 0.5) is 15.8 Å². The minimum Gasteiger partial charge on any atom is -0.324 e. The fourth-order valence-electron chi connectivity index (χ4n) is 2.08. The minimum absolute atomic E-state index is 0.0286. The first kappa shape index (κ1) is 16.3. The van der Waals surface area contributed by atoms with Crippen molar-refractivity contribution in [2.45, 2.75) is 11.8 Å². The normalized spacial score (nSPS) is 11.4. The molecular formula is C14H11FN4O3S2. The molecule has 0 aliphatic rings. The van der Waals surface area contributed by atoms with Crippen molar-refractivity contribution in [3.05, 3.63) is 42.2 Å². The van der Waals surface area contributed by atoms with Crippen LogP contribution in [0.2, 0.25) is 0 Å². The number of hydrogen-bond acceptors (Lipinski definition) is 6. The molecule has 7 nitrogen and oxygen atoms in total. The highest BCUT2D eigenvalue weighted by Gasteiger charge is 2.20. The number of carbonyl (C=O) groups is 1. The lowest BCUT2D eigenvalue weighted by molar-refractivity contribution is -0.114. The van der Waals surface area contributed by atoms with Gasteiger partial charge < -0.3 is 5.32 Å². The Bertz CT molecular complexity index is 1030. The molecule has 0 spiro atoms. The van der Waals surface area contributed by atoms with Crippen LogP contribution < -0.4 is 10.0 Å². The molecule has 0 aliphatic carbocycles. The van der Waals surface area contributed by atoms with Crippen LogP contribution in [-0.2, 0) is 14.8 Å². The number of fused-ring (bicyclic) bond motifs is 1. The predicted molar refractivity (Wildman–Crippen MR) is 88.9 cm³/mol. The Labute approximate surface area is 140 Å². The van der Waals surface area contributed by atoms with Gasteiger partial charge in [0.05, 0.1) is 23.1 Å². The first-order valence-corrected chi connectivity index (χ1v) is 8.89. The summed E-state index contributed by atoms with van der Waals surface area (Å²) in [6.07, 6.45) is 0. The summed E-state index contributed by atoms with van der Waals surface area (Å²) >= 11 is 0.911. The lowest BCUT2D eigenvalue weighted by atomic mass is 10.2. The first-order chi connectivity index (χ1) is 11.4. The summed E-state index contributed by atoms with van der Waals surface area (Å²) in [6, 6.07) is 8.15. The maximum absolute atomic E-state index is 13.6. The number of amides is 1. The number of benzene rings is 2. The number of nitrogens with one attached hydrogen (secondary N) is 2. The maximum Gasteiger partial charge on any atom is 0.264 e. The molecule has 1 heterocycles. The van der Waals surface area contributed by atoms with Gasteiger partial charge in [-0.05, 0) is 30.3 Å². The van der Waals surface area contributed by atoms with E-state index in [2.05, 4.69) is 18.8 Å². The Hall–Kier alpha value is -2.59. The van der Waals surface area contributed by atoms with Crippen LogP contribution in [0.25, 0.3) is 11.0 Å². The number of carbonyl (C=O) groups excluding carboxylic acids is 1. The van der Waals surface area contributed by atoms with Crippen molar-refractivity contribution >= 4 is 50.1 Å². The predicted octanol–water partition coefficient (Wildman–Crippen LogP) is 2.59. The monoisotopic (exact) mass is 366 g/mol. The van der Waals surface area contributed by atoms with Crippen molar-refractivity contribution in [3.63, 3.8) is 0 Å². The highest BCUT2D eigenvalue weighted by molar-refractivity contribution is 7.93. The van der Waals surface area contributed by atoms with Gasteiger partial charge in [-0.2, -0.15) is 8.75 Å². The van der Waals surface area contributed by atoms with Gasteiger partial charge in [0.1, 0.15) is 21.7 Å². The quantitative estimate of drug-likeness (QED) is 0.739. The van der Waals surface area contributed by atoms with E-state index in [4.69, 9.17) is 0 Å². The maximum atomic E-state index is 13.6. The van der Waals surface area contributed by atoms with Crippen LogP contribution in [0, 0.1) is 5.82 Å². The molecule has 2 aromatic carbocycles. The fourth-order valence-corrected chi connectivity index (χ4v) is 3.90. The van der Waals surface area contributed by atoms with E-state index in [-0.39, 0.29) is 21.8 Å². The van der Waals surface area contributed by atoms with Crippen LogP contribution in [0.3, 0.4) is 0 Å². The van der Waals surface area contributed by atoms with Crippen molar-refractivity contribution in [2.75, 3.05) is 10.0 Å². The SMILES string of the molecule is CC(=O)Nc1cc(NS(=O)(=O)c2cccc3nsnc23)ccc1F. The van der Waals surface area contributed by atoms with Gasteiger partial charge in [0.15, 0.2) is 0 Å². The summed E-state index contributed by atoms with van der Waals surface area (Å²) in [5.74, 6) is -1.13. The summed E-state index contributed by atoms with van der Waals surface area (Å²) in [6.45, 7) is 1.23. The highest BCUT2D eigenvalue weighted by atomic mass is 32.2. The van der Waals surface area contributed by atoms with Crippen molar-refractivity contribution in [3.8, 4) is 0 Å². The third-order valence-corrected chi connectivity index (χ3v) is 5.02. The van der Waals surface area contributed by atoms with Crippen LogP contribution in [0.15, 0.2) is 41.3 Å². The van der Waals surface area contributed by atoms with E-state index in [9.17, 15) is 17.6 Å². The van der Waals surface area contributed by atoms with Gasteiger partial charge in [-0.15, -0.1) is 0 Å². The first-order valence-electron chi connectivity index (χ1n) is 6.68. The summed E-state index contributed by atoms with van der Waals surface area (Å²) < 4.78 is 49.1. The van der Waals surface area contributed by atoms with Crippen LogP contribution in [0.5, 0.6) is 0 Å². The van der Waals surface area contributed by atoms with Crippen molar-refractivity contribution in [1.82, 2.24) is 8.75 Å². The zero-order valence-electron chi connectivity index (χ0n) is 12.3. The second-order valence-corrected chi connectivity index (χ2v) is 7.05. The molecule has 124 valence electrons. The van der Waals surface area contributed by atoms with Crippen molar-refractivity contribution in [1.29, 1.82) is 0 Å². The number of halogens is 1. The molecule has 3 rings (SSSR count). The average molecular weight is 366 g/mol. The second-order valence-electron chi connectivity index (χ2n) is 4.87. The number of sulfonamides is 1. The van der Waals surface area contributed by atoms with E-state index >= 15 is 0 Å². The lowest BCUT2D eigenvalue weighted by Crippen LogP contribution is -2.14. The minimum atomic E-state index is -3.95. The van der Waals surface area contributed by atoms with E-state index in [1.54, 1.807) is 12.1 Å². The van der Waals surface area contributed by atoms with Gasteiger partial charge in [-0.1, -0.05) is 6.07 Å². The second kappa shape index (κ2) is 6.13. The van der Waals surface area contributed by atoms with Gasteiger partial charge in [0.2, 0.25) is 5.91 Å². The summed E-state index contributed by atoms with van der Waals surface area (Å²) in [5.41, 5.74) is 0.733. The summed E-state index contributed by atoms with van der Waals surface area (Å²) in [7, 11) is -3.95. The Balaban J connectivity index is 1.98. The lowest BCUT2D eigenvalue weighted by Gasteiger charge is -2.10. The summed E-state index contributed by atoms with van der Waals surface area (Å²) in [4.78, 5) is 11.0. The third kappa shape index (κ3) is 3.19. The average Bonchev–Trinajstić information content (AvgIpc) is 2.98. The van der Waals surface area contributed by atoms with Crippen LogP contribution >= 0.6 is 11.7 Å². The number of rotatable bonds is 4. The fraction of sp³-hybridized carbons (Fsp3) is 0.0714. The van der Waals surface area contributed by atoms with E-state index in [1.807, 2.05) is 0 Å². The van der Waals surface area contributed by atoms with E-state index in [0.717, 1.165) is 17.8 Å². The Morgan fingerprint density at radius 3 is 2.75 bits per heavy atom. The van der Waals surface area contributed by atoms with E-state index in [1.165, 1.54) is 25.1 Å². The Morgan fingerprint density at radius 2 is 2.00 bits per heavy atom. The summed E-state index contributed by atoms with van der Waals surface area (Å²) in [5, 5.41) is 2.30. The number of hydrogen-bond donors (Lipinski definition) is 2. The molecule has 1 aromatic heterocycles. The largest absolute Gasteiger partial charge is 0.324 e. The molecule has 2 N–H and O–H groups in total. The molecule has 0 saturated carbocycles. The Morgan fingerprint density at radius 1 is 1.21 bits per heavy atom. The molecular weight excluding hydrogens is 355 g/mol. The topological polar surface area (TPSA) is 101 Å². The van der Waals surface area contributed by atoms with Gasteiger partial charge in [-0.25, -0.2) is 12.8 Å². The number of nitrogens with zero attached hydrogens (tertiary/aromatic N) is 2. The van der Waals surface area contributed by atoms with Crippen molar-refractivity contribution < 1.29 is 17.6 Å². The molecule has 0 fully saturated rings. The molecule has 1 amide bonds. The molecule has 10 heteroatoms. The molecule has 24 heavy (non-hydrogen) atoms. The molecule has 3 aromatic rings. The van der Waals surface area contributed by atoms with Gasteiger partial charge in [0, 0.05) is 6.92 Å². The zero-order valence-corrected chi connectivity index (χ0v) is 13.9. The van der Waals surface area contributed by atoms with E-state index < -0.39 is 21.7 Å². The van der Waals surface area contributed by atoms with Gasteiger partial charge >= 0.3 is 0 Å². The number of anilines is 2. The third-order valence-electron chi connectivity index (χ3n) is 3.07. The number of aromatic nitrogens is 2. The standard InChI is InChI=1S/C14H11FN4O3S2/c1-8(20)16-12-7-9(5-6-10(12)15)19-24(21,22)13-4-2-3-11-14(13)18-23-17-11/h2-7,19H,1H3,(H,16,20). The van der Waals surface area contributed by atoms with Crippen LogP contribution in [-0.4, -0.2) is 23.1 Å². The molecule has 0 atom stereocenters. The molecule has 0 unspecified atom stereocenters. The molecule has 0 bridgehead atoms. The van der Waals surface area contributed by atoms with E-state index in [0.29, 0.717) is 5.52 Å². The van der Waals surface area contributed by atoms with Crippen LogP contribution in [0.1, 0.15) is 6.92 Å². The smallest absolute Gasteiger partial charge is 0.264 e. The van der Waals surface area contributed by atoms with Gasteiger partial charge in [-0.3, -0.25) is 9.52 Å².